The van der Waals surface area contributed by atoms with E-state index in [1.807, 2.05) is 56.3 Å². The maximum absolute atomic E-state index is 13.3. The van der Waals surface area contributed by atoms with Crippen LogP contribution in [-0.2, 0) is 0 Å². The summed E-state index contributed by atoms with van der Waals surface area (Å²) in [6, 6.07) is 16.6. The maximum atomic E-state index is 13.3. The first-order valence-corrected chi connectivity index (χ1v) is 10.2. The van der Waals surface area contributed by atoms with Gasteiger partial charge in [0.25, 0.3) is 5.91 Å². The molecule has 0 aliphatic carbocycles. The van der Waals surface area contributed by atoms with E-state index in [0.29, 0.717) is 47.4 Å². The van der Waals surface area contributed by atoms with E-state index < -0.39 is 6.17 Å². The van der Waals surface area contributed by atoms with Gasteiger partial charge in [-0.15, -0.1) is 0 Å². The molecule has 160 valence electrons. The molecule has 31 heavy (non-hydrogen) atoms. The fourth-order valence-corrected chi connectivity index (χ4v) is 3.65. The molecule has 0 saturated heterocycles. The lowest BCUT2D eigenvalue weighted by atomic mass is 10.2. The molecule has 1 atom stereocenters. The minimum absolute atomic E-state index is 0.132. The van der Waals surface area contributed by atoms with Crippen molar-refractivity contribution in [3.8, 4) is 17.2 Å². The topological polar surface area (TPSA) is 72.9 Å². The van der Waals surface area contributed by atoms with Crippen LogP contribution in [0.5, 0.6) is 17.2 Å². The molecule has 0 fully saturated rings. The smallest absolute Gasteiger partial charge is 0.262 e. The Balaban J connectivity index is 1.78. The van der Waals surface area contributed by atoms with E-state index in [0.717, 1.165) is 5.69 Å². The zero-order chi connectivity index (χ0) is 21.8. The number of carbonyl (C=O) groups is 1. The van der Waals surface area contributed by atoms with Gasteiger partial charge in [-0.05, 0) is 50.2 Å². The molecule has 2 heterocycles. The van der Waals surface area contributed by atoms with Crippen LogP contribution in [0, 0.1) is 0 Å². The second kappa shape index (κ2) is 8.95. The number of rotatable bonds is 8. The molecule has 3 aromatic rings. The van der Waals surface area contributed by atoms with E-state index in [4.69, 9.17) is 14.2 Å². The van der Waals surface area contributed by atoms with Crippen molar-refractivity contribution in [3.63, 3.8) is 0 Å². The highest BCUT2D eigenvalue weighted by Gasteiger charge is 2.39. The molecule has 7 nitrogen and oxygen atoms in total. The Hall–Kier alpha value is -3.74. The predicted molar refractivity (Wildman–Crippen MR) is 119 cm³/mol. The minimum atomic E-state index is -0.521. The van der Waals surface area contributed by atoms with Crippen molar-refractivity contribution in [1.82, 2.24) is 4.98 Å². The molecule has 1 aliphatic heterocycles. The van der Waals surface area contributed by atoms with Crippen LogP contribution in [0.2, 0.25) is 0 Å². The predicted octanol–water partition coefficient (Wildman–Crippen LogP) is 4.66. The number of hydrogen-bond acceptors (Lipinski definition) is 6. The van der Waals surface area contributed by atoms with E-state index in [2.05, 4.69) is 10.3 Å². The van der Waals surface area contributed by atoms with Crippen LogP contribution in [0.1, 0.15) is 36.1 Å². The summed E-state index contributed by atoms with van der Waals surface area (Å²) < 4.78 is 16.8. The van der Waals surface area contributed by atoms with Gasteiger partial charge in [0.1, 0.15) is 17.2 Å². The summed E-state index contributed by atoms with van der Waals surface area (Å²) in [6.07, 6.45) is 1.17. The highest BCUT2D eigenvalue weighted by molar-refractivity contribution is 6.11. The lowest BCUT2D eigenvalue weighted by molar-refractivity contribution is 0.0993. The molecule has 1 N–H and O–H groups in total. The first kappa shape index (κ1) is 20.5. The van der Waals surface area contributed by atoms with Gasteiger partial charge >= 0.3 is 0 Å². The molecule has 7 heteroatoms. The summed E-state index contributed by atoms with van der Waals surface area (Å²) in [5, 5.41) is 3.46. The number of nitrogens with zero attached hydrogens (tertiary/aromatic N) is 2. The summed E-state index contributed by atoms with van der Waals surface area (Å²) >= 11 is 0. The van der Waals surface area contributed by atoms with Crippen LogP contribution in [0.4, 0.5) is 11.4 Å². The second-order valence-corrected chi connectivity index (χ2v) is 6.88. The second-order valence-electron chi connectivity index (χ2n) is 6.88. The molecule has 1 unspecified atom stereocenters. The van der Waals surface area contributed by atoms with Crippen LogP contribution in [0.25, 0.3) is 0 Å². The lowest BCUT2D eigenvalue weighted by Crippen LogP contribution is -2.32. The van der Waals surface area contributed by atoms with Crippen molar-refractivity contribution in [2.45, 2.75) is 20.0 Å². The van der Waals surface area contributed by atoms with Gasteiger partial charge in [-0.25, -0.2) is 0 Å². The summed E-state index contributed by atoms with van der Waals surface area (Å²) in [7, 11) is 1.60. The zero-order valence-corrected chi connectivity index (χ0v) is 17.8. The number of aromatic nitrogens is 1. The third-order valence-electron chi connectivity index (χ3n) is 4.99. The third kappa shape index (κ3) is 3.99. The Kier molecular flexibility index (Phi) is 5.93. The summed E-state index contributed by atoms with van der Waals surface area (Å²) in [5.41, 5.74) is 2.64. The van der Waals surface area contributed by atoms with Crippen LogP contribution in [-0.4, -0.2) is 31.2 Å². The number of pyridine rings is 1. The molecule has 2 aromatic carbocycles. The van der Waals surface area contributed by atoms with Crippen molar-refractivity contribution < 1.29 is 19.0 Å². The normalized spacial score (nSPS) is 14.9. The average molecular weight is 419 g/mol. The number of hydrogen-bond donors (Lipinski definition) is 1. The van der Waals surface area contributed by atoms with E-state index in [9.17, 15) is 4.79 Å². The van der Waals surface area contributed by atoms with Crippen molar-refractivity contribution in [2.75, 3.05) is 30.5 Å². The summed E-state index contributed by atoms with van der Waals surface area (Å²) in [6.45, 7) is 4.93. The molecular formula is C24H25N3O4. The van der Waals surface area contributed by atoms with Crippen molar-refractivity contribution >= 4 is 17.3 Å². The van der Waals surface area contributed by atoms with Gasteiger partial charge in [0.05, 0.1) is 43.0 Å². The van der Waals surface area contributed by atoms with Gasteiger partial charge in [-0.1, -0.05) is 6.07 Å². The van der Waals surface area contributed by atoms with Crippen LogP contribution < -0.4 is 24.4 Å². The van der Waals surface area contributed by atoms with Crippen LogP contribution in [0.3, 0.4) is 0 Å². The minimum Gasteiger partial charge on any atom is -0.497 e. The lowest BCUT2D eigenvalue weighted by Gasteiger charge is -2.27. The summed E-state index contributed by atoms with van der Waals surface area (Å²) in [5.74, 6) is 1.93. The molecule has 1 aromatic heterocycles. The third-order valence-corrected chi connectivity index (χ3v) is 4.99. The molecule has 0 spiro atoms. The molecular weight excluding hydrogens is 394 g/mol. The Morgan fingerprint density at radius 1 is 1.00 bits per heavy atom. The standard InChI is InChI=1S/C24H25N3O4/c1-4-30-18-11-12-21(31-5-2)20(15-18)26-23-22-19(10-7-13-25-22)24(28)27(23)16-8-6-9-17(14-16)29-3/h6-15,23,26H,4-5H2,1-3H3. The van der Waals surface area contributed by atoms with Crippen molar-refractivity contribution in [1.29, 1.82) is 0 Å². The number of ether oxygens (including phenoxy) is 3. The van der Waals surface area contributed by atoms with E-state index in [-0.39, 0.29) is 5.91 Å². The van der Waals surface area contributed by atoms with Crippen LogP contribution >= 0.6 is 0 Å². The Morgan fingerprint density at radius 3 is 2.61 bits per heavy atom. The number of amides is 1. The monoisotopic (exact) mass is 419 g/mol. The Bertz CT molecular complexity index is 1090. The van der Waals surface area contributed by atoms with Gasteiger partial charge in [-0.2, -0.15) is 0 Å². The highest BCUT2D eigenvalue weighted by atomic mass is 16.5. The SMILES string of the molecule is CCOc1ccc(OCC)c(NC2c3ncccc3C(=O)N2c2cccc(OC)c2)c1. The van der Waals surface area contributed by atoms with Crippen molar-refractivity contribution in [3.05, 3.63) is 72.1 Å². The number of carbonyl (C=O) groups excluding carboxylic acids is 1. The number of methoxy groups -OCH3 is 1. The molecule has 0 radical (unpaired) electrons. The Morgan fingerprint density at radius 2 is 1.84 bits per heavy atom. The van der Waals surface area contributed by atoms with E-state index >= 15 is 0 Å². The van der Waals surface area contributed by atoms with Gasteiger partial charge in [0.15, 0.2) is 6.17 Å². The molecule has 1 aliphatic rings. The quantitative estimate of drug-likeness (QED) is 0.573. The average Bonchev–Trinajstić information content (AvgIpc) is 3.07. The number of fused-ring (bicyclic) bond motifs is 1. The van der Waals surface area contributed by atoms with Gasteiger partial charge in [0.2, 0.25) is 0 Å². The number of benzene rings is 2. The summed E-state index contributed by atoms with van der Waals surface area (Å²) in [4.78, 5) is 19.5. The fourth-order valence-electron chi connectivity index (χ4n) is 3.65. The van der Waals surface area contributed by atoms with E-state index in [1.54, 1.807) is 30.3 Å². The van der Waals surface area contributed by atoms with Crippen LogP contribution in [0.15, 0.2) is 60.8 Å². The highest BCUT2D eigenvalue weighted by Crippen LogP contribution is 2.40. The molecule has 0 bridgehead atoms. The molecule has 0 saturated carbocycles. The van der Waals surface area contributed by atoms with Gasteiger partial charge in [0, 0.05) is 18.3 Å². The van der Waals surface area contributed by atoms with E-state index in [1.165, 1.54) is 0 Å². The number of nitrogens with one attached hydrogen (secondary N) is 1. The van der Waals surface area contributed by atoms with Crippen molar-refractivity contribution in [2.24, 2.45) is 0 Å². The first-order chi connectivity index (χ1) is 15.2. The largest absolute Gasteiger partial charge is 0.497 e. The Labute approximate surface area is 181 Å². The number of anilines is 2. The van der Waals surface area contributed by atoms with Gasteiger partial charge < -0.3 is 19.5 Å². The zero-order valence-electron chi connectivity index (χ0n) is 17.8. The van der Waals surface area contributed by atoms with Gasteiger partial charge in [-0.3, -0.25) is 14.7 Å². The maximum Gasteiger partial charge on any atom is 0.262 e. The first-order valence-electron chi connectivity index (χ1n) is 10.2. The fraction of sp³-hybridized carbons (Fsp3) is 0.250. The molecule has 1 amide bonds. The molecule has 4 rings (SSSR count).